The highest BCUT2D eigenvalue weighted by Gasteiger charge is 2.42. The standard InChI is InChI=1S/C37H47FO6/c1-5-6-7-8-9-10-11-16-34(39)44-30-21-19-28(20-22-30)29-23-24-37(36(41)42,33(38)25-29)32-15-13-12-14-31(32)35(40)43-27(4)18-17-26(2)3/h12-15,19-27,29H,5-11,16-18H2,1-4H3,(H,41,42)/p-1. The molecule has 3 rings (SSSR count). The number of carboxylic acids is 1. The number of unbranched alkanes of at least 4 members (excludes halogenated alkanes) is 6. The molecule has 0 saturated heterocycles. The lowest BCUT2D eigenvalue weighted by atomic mass is 9.72. The van der Waals surface area contributed by atoms with Gasteiger partial charge in [-0.25, -0.2) is 9.18 Å². The number of hydrogen-bond acceptors (Lipinski definition) is 6. The molecule has 0 aliphatic heterocycles. The maximum Gasteiger partial charge on any atom is 0.338 e. The molecule has 0 amide bonds. The van der Waals surface area contributed by atoms with Crippen LogP contribution in [0.15, 0.2) is 72.6 Å². The molecule has 0 saturated carbocycles. The lowest BCUT2D eigenvalue weighted by molar-refractivity contribution is -0.310. The van der Waals surface area contributed by atoms with Crippen LogP contribution in [0.25, 0.3) is 0 Å². The number of carbonyl (C=O) groups is 3. The van der Waals surface area contributed by atoms with Gasteiger partial charge in [0.05, 0.1) is 17.6 Å². The van der Waals surface area contributed by atoms with Crippen molar-refractivity contribution in [3.05, 3.63) is 89.3 Å². The fourth-order valence-electron chi connectivity index (χ4n) is 5.42. The number of allylic oxidation sites excluding steroid dienone is 2. The Labute approximate surface area is 261 Å². The van der Waals surface area contributed by atoms with Crippen molar-refractivity contribution in [1.29, 1.82) is 0 Å². The van der Waals surface area contributed by atoms with Gasteiger partial charge in [-0.05, 0) is 67.5 Å². The molecule has 2 aromatic rings. The molecule has 44 heavy (non-hydrogen) atoms. The van der Waals surface area contributed by atoms with E-state index >= 15 is 4.39 Å². The van der Waals surface area contributed by atoms with Crippen molar-refractivity contribution < 1.29 is 33.4 Å². The van der Waals surface area contributed by atoms with E-state index in [0.29, 0.717) is 30.1 Å². The highest BCUT2D eigenvalue weighted by atomic mass is 19.1. The number of benzene rings is 2. The van der Waals surface area contributed by atoms with Crippen molar-refractivity contribution in [1.82, 2.24) is 0 Å². The van der Waals surface area contributed by atoms with E-state index in [2.05, 4.69) is 20.8 Å². The first kappa shape index (κ1) is 34.7. The summed E-state index contributed by atoms with van der Waals surface area (Å²) >= 11 is 0. The average Bonchev–Trinajstić information content (AvgIpc) is 3.00. The lowest BCUT2D eigenvalue weighted by Gasteiger charge is -2.35. The van der Waals surface area contributed by atoms with Gasteiger partial charge in [-0.3, -0.25) is 4.79 Å². The van der Waals surface area contributed by atoms with Gasteiger partial charge in [-0.1, -0.05) is 102 Å². The van der Waals surface area contributed by atoms with Crippen LogP contribution >= 0.6 is 0 Å². The Balaban J connectivity index is 1.69. The molecule has 1 aliphatic rings. The van der Waals surface area contributed by atoms with Gasteiger partial charge in [0.15, 0.2) is 0 Å². The van der Waals surface area contributed by atoms with Crippen LogP contribution in [0.3, 0.4) is 0 Å². The van der Waals surface area contributed by atoms with Gasteiger partial charge in [0.1, 0.15) is 17.0 Å². The van der Waals surface area contributed by atoms with Gasteiger partial charge >= 0.3 is 11.9 Å². The Kier molecular flexibility index (Phi) is 13.4. The summed E-state index contributed by atoms with van der Waals surface area (Å²) in [5.41, 5.74) is -1.67. The minimum Gasteiger partial charge on any atom is -0.548 e. The fourth-order valence-corrected chi connectivity index (χ4v) is 5.42. The molecule has 3 unspecified atom stereocenters. The van der Waals surface area contributed by atoms with Crippen molar-refractivity contribution >= 4 is 17.9 Å². The Morgan fingerprint density at radius 2 is 1.57 bits per heavy atom. The summed E-state index contributed by atoms with van der Waals surface area (Å²) in [4.78, 5) is 37.9. The van der Waals surface area contributed by atoms with Crippen LogP contribution in [-0.2, 0) is 19.7 Å². The second-order valence-corrected chi connectivity index (χ2v) is 12.1. The summed E-state index contributed by atoms with van der Waals surface area (Å²) in [6, 6.07) is 12.7. The van der Waals surface area contributed by atoms with Crippen molar-refractivity contribution in [3.63, 3.8) is 0 Å². The summed E-state index contributed by atoms with van der Waals surface area (Å²) in [5.74, 6) is -3.38. The molecule has 0 radical (unpaired) electrons. The number of aliphatic carboxylic acids is 1. The lowest BCUT2D eigenvalue weighted by Crippen LogP contribution is -2.47. The van der Waals surface area contributed by atoms with Gasteiger partial charge < -0.3 is 19.4 Å². The maximum absolute atomic E-state index is 15.9. The molecule has 1 aliphatic carbocycles. The second-order valence-electron chi connectivity index (χ2n) is 12.1. The predicted octanol–water partition coefficient (Wildman–Crippen LogP) is 7.91. The van der Waals surface area contributed by atoms with Crippen molar-refractivity contribution in [2.75, 3.05) is 0 Å². The molecule has 0 fully saturated rings. The minimum atomic E-state index is -2.28. The molecule has 3 atom stereocenters. The van der Waals surface area contributed by atoms with Crippen molar-refractivity contribution in [2.24, 2.45) is 5.92 Å². The number of ether oxygens (including phenoxy) is 2. The maximum atomic E-state index is 15.9. The smallest absolute Gasteiger partial charge is 0.338 e. The van der Waals surface area contributed by atoms with E-state index in [1.807, 2.05) is 0 Å². The van der Waals surface area contributed by atoms with Crippen LogP contribution in [0, 0.1) is 5.92 Å². The summed E-state index contributed by atoms with van der Waals surface area (Å²) in [6.45, 7) is 8.12. The second kappa shape index (κ2) is 16.9. The highest BCUT2D eigenvalue weighted by Crippen LogP contribution is 2.42. The predicted molar refractivity (Wildman–Crippen MR) is 168 cm³/mol. The molecule has 2 aromatic carbocycles. The Morgan fingerprint density at radius 3 is 2.20 bits per heavy atom. The summed E-state index contributed by atoms with van der Waals surface area (Å²) in [6.07, 6.45) is 13.3. The zero-order valence-corrected chi connectivity index (χ0v) is 26.5. The number of carboxylic acid groups (broad SMARTS) is 1. The fraction of sp³-hybridized carbons (Fsp3) is 0.486. The third-order valence-electron chi connectivity index (χ3n) is 8.09. The summed E-state index contributed by atoms with van der Waals surface area (Å²) < 4.78 is 27.0. The number of hydrogen-bond donors (Lipinski definition) is 0. The third kappa shape index (κ3) is 9.38. The van der Waals surface area contributed by atoms with Gasteiger partial charge in [0.2, 0.25) is 0 Å². The first-order valence-electron chi connectivity index (χ1n) is 16.0. The largest absolute Gasteiger partial charge is 0.548 e. The van der Waals surface area contributed by atoms with Crippen molar-refractivity contribution in [3.8, 4) is 5.75 Å². The van der Waals surface area contributed by atoms with Gasteiger partial charge in [0, 0.05) is 12.3 Å². The Hall–Kier alpha value is -3.74. The topological polar surface area (TPSA) is 92.7 Å². The first-order valence-corrected chi connectivity index (χ1v) is 16.0. The zero-order valence-electron chi connectivity index (χ0n) is 26.5. The quantitative estimate of drug-likeness (QED) is 0.0787. The van der Waals surface area contributed by atoms with Crippen LogP contribution in [0.4, 0.5) is 4.39 Å². The minimum absolute atomic E-state index is 0.0255. The number of rotatable bonds is 17. The molecular weight excluding hydrogens is 559 g/mol. The van der Waals surface area contributed by atoms with Gasteiger partial charge in [-0.2, -0.15) is 0 Å². The summed E-state index contributed by atoms with van der Waals surface area (Å²) in [5, 5.41) is 12.6. The molecule has 0 heterocycles. The molecule has 0 N–H and O–H groups in total. The molecule has 0 bridgehead atoms. The Bertz CT molecular complexity index is 1310. The third-order valence-corrected chi connectivity index (χ3v) is 8.09. The zero-order chi connectivity index (χ0) is 32.1. The van der Waals surface area contributed by atoms with E-state index in [1.54, 1.807) is 49.4 Å². The van der Waals surface area contributed by atoms with Crippen LogP contribution < -0.4 is 9.84 Å². The van der Waals surface area contributed by atoms with Gasteiger partial charge in [0.25, 0.3) is 0 Å². The molecule has 238 valence electrons. The van der Waals surface area contributed by atoms with E-state index in [0.717, 1.165) is 25.7 Å². The average molecular weight is 606 g/mol. The Morgan fingerprint density at radius 1 is 0.909 bits per heavy atom. The highest BCUT2D eigenvalue weighted by molar-refractivity contribution is 5.97. The van der Waals surface area contributed by atoms with Crippen LogP contribution in [0.2, 0.25) is 0 Å². The molecule has 7 heteroatoms. The van der Waals surface area contributed by atoms with E-state index in [-0.39, 0.29) is 23.2 Å². The number of carbonyl (C=O) groups excluding carboxylic acids is 3. The van der Waals surface area contributed by atoms with E-state index in [4.69, 9.17) is 9.47 Å². The molecular formula is C37H46FO6-. The number of halogens is 1. The molecule has 6 nitrogen and oxygen atoms in total. The summed E-state index contributed by atoms with van der Waals surface area (Å²) in [7, 11) is 0. The monoisotopic (exact) mass is 605 g/mol. The van der Waals surface area contributed by atoms with Crippen LogP contribution in [0.5, 0.6) is 5.75 Å². The SMILES string of the molecule is CCCCCCCCCC(=O)Oc1ccc(C2C=CC(C(=O)[O-])(c3ccccc3C(=O)OC(C)CCC(C)C)C(F)=C2)cc1. The van der Waals surface area contributed by atoms with Crippen LogP contribution in [0.1, 0.15) is 119 Å². The van der Waals surface area contributed by atoms with Gasteiger partial charge in [-0.15, -0.1) is 0 Å². The molecule has 0 aromatic heterocycles. The van der Waals surface area contributed by atoms with E-state index in [9.17, 15) is 19.5 Å². The van der Waals surface area contributed by atoms with E-state index < -0.39 is 29.1 Å². The van der Waals surface area contributed by atoms with Crippen LogP contribution in [-0.4, -0.2) is 24.0 Å². The van der Waals surface area contributed by atoms with E-state index in [1.165, 1.54) is 50.0 Å². The molecule has 0 spiro atoms. The number of esters is 2. The van der Waals surface area contributed by atoms with Crippen molar-refractivity contribution in [2.45, 2.75) is 109 Å². The first-order chi connectivity index (χ1) is 21.1. The normalized spacial score (nSPS) is 18.5.